The van der Waals surface area contributed by atoms with Crippen molar-refractivity contribution in [3.63, 3.8) is 0 Å². The Hall–Kier alpha value is -0.860. The van der Waals surface area contributed by atoms with Crippen LogP contribution in [0.25, 0.3) is 0 Å². The highest BCUT2D eigenvalue weighted by Gasteiger charge is 2.71. The van der Waals surface area contributed by atoms with Gasteiger partial charge >= 0.3 is 0 Å². The fourth-order valence-electron chi connectivity index (χ4n) is 7.08. The first-order valence-electron chi connectivity index (χ1n) is 9.42. The summed E-state index contributed by atoms with van der Waals surface area (Å²) in [6.07, 6.45) is 8.09. The molecule has 5 atom stereocenters. The molecular formula is C21H33NO. The fourth-order valence-corrected chi connectivity index (χ4v) is 7.08. The summed E-state index contributed by atoms with van der Waals surface area (Å²) < 4.78 is 5.82. The monoisotopic (exact) mass is 315 g/mol. The Labute approximate surface area is 142 Å². The molecule has 0 saturated heterocycles. The van der Waals surface area contributed by atoms with E-state index in [0.717, 1.165) is 18.4 Å². The Morgan fingerprint density at radius 2 is 2.00 bits per heavy atom. The quantitative estimate of drug-likeness (QED) is 0.770. The van der Waals surface area contributed by atoms with Crippen molar-refractivity contribution in [3.8, 4) is 0 Å². The zero-order valence-electron chi connectivity index (χ0n) is 14.7. The zero-order valence-corrected chi connectivity index (χ0v) is 14.7. The molecule has 0 radical (unpaired) electrons. The minimum Gasteiger partial charge on any atom is -0.366 e. The van der Waals surface area contributed by atoms with E-state index in [9.17, 15) is 0 Å². The predicted molar refractivity (Wildman–Crippen MR) is 96.1 cm³/mol. The van der Waals surface area contributed by atoms with Crippen LogP contribution in [0.5, 0.6) is 0 Å². The van der Waals surface area contributed by atoms with E-state index in [1.807, 2.05) is 0 Å². The summed E-state index contributed by atoms with van der Waals surface area (Å²) in [6, 6.07) is 11.3. The highest BCUT2D eigenvalue weighted by atomic mass is 16.5. The Bertz CT molecular complexity index is 578. The third kappa shape index (κ3) is 2.07. The third-order valence-electron chi connectivity index (χ3n) is 7.73. The number of nitrogens with two attached hydrogens (primary N) is 1. The van der Waals surface area contributed by atoms with E-state index < -0.39 is 0 Å². The second kappa shape index (κ2) is 5.32. The second-order valence-electron chi connectivity index (χ2n) is 8.82. The van der Waals surface area contributed by atoms with Crippen LogP contribution in [0.1, 0.15) is 59.4 Å². The van der Waals surface area contributed by atoms with Crippen LogP contribution in [-0.4, -0.2) is 13.3 Å². The van der Waals surface area contributed by atoms with E-state index in [2.05, 4.69) is 44.2 Å². The first kappa shape index (κ1) is 15.7. The van der Waals surface area contributed by atoms with E-state index in [1.54, 1.807) is 5.56 Å². The van der Waals surface area contributed by atoms with Crippen molar-refractivity contribution in [3.05, 3.63) is 35.9 Å². The van der Waals surface area contributed by atoms with E-state index in [-0.39, 0.29) is 1.43 Å². The molecule has 4 aliphatic rings. The van der Waals surface area contributed by atoms with Gasteiger partial charge in [0.25, 0.3) is 0 Å². The maximum atomic E-state index is 5.82. The number of benzene rings is 1. The van der Waals surface area contributed by atoms with Crippen molar-refractivity contribution in [2.45, 2.75) is 57.8 Å². The lowest BCUT2D eigenvalue weighted by Crippen LogP contribution is -2.41. The molecule has 128 valence electrons. The van der Waals surface area contributed by atoms with Crippen molar-refractivity contribution in [1.29, 1.82) is 0 Å². The van der Waals surface area contributed by atoms with E-state index >= 15 is 0 Å². The summed E-state index contributed by atoms with van der Waals surface area (Å²) in [5.74, 6) is 1.66. The molecule has 4 bridgehead atoms. The van der Waals surface area contributed by atoms with Crippen LogP contribution in [0.15, 0.2) is 30.3 Å². The lowest BCUT2D eigenvalue weighted by Gasteiger charge is -2.48. The second-order valence-corrected chi connectivity index (χ2v) is 8.82. The van der Waals surface area contributed by atoms with Gasteiger partial charge in [-0.3, -0.25) is 0 Å². The number of ether oxygens (including phenoxy) is 1. The predicted octanol–water partition coefficient (Wildman–Crippen LogP) is 4.73. The Morgan fingerprint density at radius 1 is 1.22 bits per heavy atom. The molecule has 4 aliphatic carbocycles. The van der Waals surface area contributed by atoms with Gasteiger partial charge in [0.2, 0.25) is 0 Å². The number of hydrogen-bond donors (Lipinski definition) is 1. The Morgan fingerprint density at radius 3 is 2.70 bits per heavy atom. The summed E-state index contributed by atoms with van der Waals surface area (Å²) >= 11 is 0. The molecule has 2 nitrogen and oxygen atoms in total. The van der Waals surface area contributed by atoms with Gasteiger partial charge in [0.1, 0.15) is 0 Å². The van der Waals surface area contributed by atoms with Crippen molar-refractivity contribution in [1.82, 2.24) is 0 Å². The molecule has 23 heavy (non-hydrogen) atoms. The molecule has 2 N–H and O–H groups in total. The maximum absolute atomic E-state index is 5.82. The van der Waals surface area contributed by atoms with Crippen LogP contribution < -0.4 is 5.73 Å². The zero-order chi connectivity index (χ0) is 16.1. The van der Waals surface area contributed by atoms with Crippen molar-refractivity contribution >= 4 is 0 Å². The van der Waals surface area contributed by atoms with E-state index in [1.165, 1.54) is 38.5 Å². The summed E-state index contributed by atoms with van der Waals surface area (Å²) in [7, 11) is 0. The van der Waals surface area contributed by atoms with Gasteiger partial charge in [0.15, 0.2) is 0 Å². The summed E-state index contributed by atoms with van der Waals surface area (Å²) in [5.41, 5.74) is 8.55. The Balaban J connectivity index is 0.00000169. The molecule has 0 amide bonds. The highest BCUT2D eigenvalue weighted by molar-refractivity contribution is 5.34. The van der Waals surface area contributed by atoms with Crippen LogP contribution >= 0.6 is 0 Å². The fraction of sp³-hybridized carbons (Fsp3) is 0.714. The molecule has 4 saturated carbocycles. The van der Waals surface area contributed by atoms with Crippen molar-refractivity contribution in [2.75, 3.05) is 13.3 Å². The van der Waals surface area contributed by atoms with Crippen molar-refractivity contribution in [2.24, 2.45) is 28.4 Å². The lowest BCUT2D eigenvalue weighted by atomic mass is 9.56. The van der Waals surface area contributed by atoms with Crippen LogP contribution in [0.2, 0.25) is 0 Å². The molecule has 0 spiro atoms. The minimum absolute atomic E-state index is 0. The van der Waals surface area contributed by atoms with Gasteiger partial charge in [-0.05, 0) is 65.7 Å². The molecule has 0 aromatic heterocycles. The van der Waals surface area contributed by atoms with Gasteiger partial charge in [-0.1, -0.05) is 50.6 Å². The van der Waals surface area contributed by atoms with Crippen LogP contribution in [-0.2, 0) is 10.2 Å². The Kier molecular flexibility index (Phi) is 3.62. The number of hydrogen-bond acceptors (Lipinski definition) is 2. The largest absolute Gasteiger partial charge is 0.366 e. The molecule has 2 heteroatoms. The van der Waals surface area contributed by atoms with Gasteiger partial charge < -0.3 is 10.5 Å². The van der Waals surface area contributed by atoms with Gasteiger partial charge in [0, 0.05) is 1.43 Å². The third-order valence-corrected chi connectivity index (χ3v) is 7.73. The maximum Gasteiger partial charge on any atom is 0.0940 e. The normalized spacial score (nSPS) is 44.1. The smallest absolute Gasteiger partial charge is 0.0940 e. The topological polar surface area (TPSA) is 35.2 Å². The highest BCUT2D eigenvalue weighted by Crippen LogP contribution is 2.77. The van der Waals surface area contributed by atoms with Crippen LogP contribution in [0.4, 0.5) is 0 Å². The van der Waals surface area contributed by atoms with Gasteiger partial charge in [-0.15, -0.1) is 0 Å². The molecular weight excluding hydrogens is 282 g/mol. The molecule has 1 aromatic carbocycles. The first-order chi connectivity index (χ1) is 11.1. The summed E-state index contributed by atoms with van der Waals surface area (Å²) in [5, 5.41) is 0. The average molecular weight is 316 g/mol. The van der Waals surface area contributed by atoms with Crippen LogP contribution in [0, 0.1) is 22.7 Å². The standard InChI is InChI=1S/C21H31NO.H2/c1-3-9-19(2)17-10-20(16-7-5-4-6-8-16)12-18(19)21(11-17,13-20)14-23-15-22;/h4-8,17-18H,3,9-15,22H2,1-2H3;1H. The van der Waals surface area contributed by atoms with E-state index in [0.29, 0.717) is 23.0 Å². The molecule has 4 fully saturated rings. The first-order valence-corrected chi connectivity index (χ1v) is 9.42. The lowest BCUT2D eigenvalue weighted by molar-refractivity contribution is 0.0165. The molecule has 5 unspecified atom stereocenters. The number of rotatable bonds is 6. The average Bonchev–Trinajstić information content (AvgIpc) is 2.90. The van der Waals surface area contributed by atoms with E-state index in [4.69, 9.17) is 10.5 Å². The SMILES string of the molecule is CCCC1(C)C2CC3(c4ccccc4)CC1C(COCN)(C2)C3.[HH]. The molecule has 0 aliphatic heterocycles. The van der Waals surface area contributed by atoms with Gasteiger partial charge in [-0.25, -0.2) is 0 Å². The van der Waals surface area contributed by atoms with Gasteiger partial charge in [-0.2, -0.15) is 0 Å². The molecule has 0 heterocycles. The minimum atomic E-state index is 0. The van der Waals surface area contributed by atoms with Gasteiger partial charge in [0.05, 0.1) is 13.3 Å². The van der Waals surface area contributed by atoms with Crippen molar-refractivity contribution < 1.29 is 6.16 Å². The molecule has 1 aromatic rings. The summed E-state index contributed by atoms with van der Waals surface area (Å²) in [6.45, 7) is 6.16. The molecule has 5 rings (SSSR count). The summed E-state index contributed by atoms with van der Waals surface area (Å²) in [4.78, 5) is 0. The van der Waals surface area contributed by atoms with Crippen LogP contribution in [0.3, 0.4) is 0 Å².